The van der Waals surface area contributed by atoms with Crippen LogP contribution in [0.4, 0.5) is 5.13 Å². The second-order valence-electron chi connectivity index (χ2n) is 7.37. The number of fused-ring (bicyclic) bond motifs is 1. The van der Waals surface area contributed by atoms with Gasteiger partial charge in [0.15, 0.2) is 5.13 Å². The van der Waals surface area contributed by atoms with Gasteiger partial charge in [-0.05, 0) is 51.2 Å². The van der Waals surface area contributed by atoms with Crippen molar-refractivity contribution < 1.29 is 4.79 Å². The van der Waals surface area contributed by atoms with E-state index in [2.05, 4.69) is 61.2 Å². The van der Waals surface area contributed by atoms with E-state index in [1.165, 1.54) is 16.0 Å². The number of halogens is 1. The Hall–Kier alpha value is -1.60. The summed E-state index contributed by atoms with van der Waals surface area (Å²) in [4.78, 5) is 23.1. The Kier molecular flexibility index (Phi) is 9.62. The van der Waals surface area contributed by atoms with Gasteiger partial charge < -0.3 is 4.90 Å². The van der Waals surface area contributed by atoms with E-state index >= 15 is 0 Å². The van der Waals surface area contributed by atoms with Gasteiger partial charge in [-0.15, -0.1) is 24.2 Å². The van der Waals surface area contributed by atoms with Crippen LogP contribution in [0.1, 0.15) is 24.5 Å². The molecule has 0 bridgehead atoms. The zero-order chi connectivity index (χ0) is 20.8. The third-order valence-corrected chi connectivity index (χ3v) is 6.84. The lowest BCUT2D eigenvalue weighted by molar-refractivity contribution is -0.118. The van der Waals surface area contributed by atoms with Crippen molar-refractivity contribution in [3.8, 4) is 0 Å². The largest absolute Gasteiger partial charge is 0.308 e. The normalized spacial score (nSPS) is 11.0. The molecule has 0 saturated heterocycles. The standard InChI is InChI=1S/C23H29N3OS2.ClH/c1-5-18-7-6-8-20-22(18)24-23(29-20)26(15-14-25(3)4)21(27)13-16-28-19-11-9-17(2)10-12-19;/h6-12H,5,13-16H2,1-4H3;1H. The molecule has 162 valence electrons. The zero-order valence-electron chi connectivity index (χ0n) is 18.1. The van der Waals surface area contributed by atoms with Crippen LogP contribution in [-0.4, -0.2) is 48.7 Å². The molecule has 0 N–H and O–H groups in total. The van der Waals surface area contributed by atoms with Gasteiger partial charge in [0.05, 0.1) is 10.2 Å². The highest BCUT2D eigenvalue weighted by Crippen LogP contribution is 2.31. The van der Waals surface area contributed by atoms with Gasteiger partial charge >= 0.3 is 0 Å². The summed E-state index contributed by atoms with van der Waals surface area (Å²) in [6.45, 7) is 5.70. The predicted molar refractivity (Wildman–Crippen MR) is 134 cm³/mol. The SMILES string of the molecule is CCc1cccc2sc(N(CCN(C)C)C(=O)CCSc3ccc(C)cc3)nc12.Cl. The number of aryl methyl sites for hydroxylation is 2. The fraction of sp³-hybridized carbons (Fsp3) is 0.391. The minimum absolute atomic E-state index is 0. The molecule has 0 saturated carbocycles. The number of aromatic nitrogens is 1. The number of carbonyl (C=O) groups is 1. The van der Waals surface area contributed by atoms with Crippen molar-refractivity contribution in [2.75, 3.05) is 37.8 Å². The van der Waals surface area contributed by atoms with Crippen LogP contribution in [0.5, 0.6) is 0 Å². The van der Waals surface area contributed by atoms with E-state index in [-0.39, 0.29) is 18.3 Å². The molecule has 0 radical (unpaired) electrons. The number of likely N-dealkylation sites (N-methyl/N-ethyl adjacent to an activating group) is 1. The first kappa shape index (κ1) is 24.7. The Morgan fingerprint density at radius 2 is 1.83 bits per heavy atom. The third kappa shape index (κ3) is 6.45. The lowest BCUT2D eigenvalue weighted by Crippen LogP contribution is -2.36. The first-order chi connectivity index (χ1) is 14.0. The molecular formula is C23H30ClN3OS2. The number of benzene rings is 2. The van der Waals surface area contributed by atoms with Crippen LogP contribution in [-0.2, 0) is 11.2 Å². The van der Waals surface area contributed by atoms with Crippen LogP contribution in [0.3, 0.4) is 0 Å². The maximum atomic E-state index is 13.1. The minimum Gasteiger partial charge on any atom is -0.308 e. The number of thiazole rings is 1. The van der Waals surface area contributed by atoms with E-state index in [9.17, 15) is 4.79 Å². The van der Waals surface area contributed by atoms with Crippen molar-refractivity contribution in [3.63, 3.8) is 0 Å². The number of amides is 1. The molecule has 0 aliphatic heterocycles. The number of anilines is 1. The molecule has 0 aliphatic carbocycles. The molecular weight excluding hydrogens is 434 g/mol. The first-order valence-electron chi connectivity index (χ1n) is 10.0. The van der Waals surface area contributed by atoms with E-state index in [1.807, 2.05) is 19.0 Å². The Morgan fingerprint density at radius 1 is 1.10 bits per heavy atom. The Balaban J connectivity index is 0.00000320. The number of thioether (sulfide) groups is 1. The summed E-state index contributed by atoms with van der Waals surface area (Å²) in [5, 5.41) is 0.813. The molecule has 0 atom stereocenters. The third-order valence-electron chi connectivity index (χ3n) is 4.78. The molecule has 4 nitrogen and oxygen atoms in total. The molecule has 30 heavy (non-hydrogen) atoms. The molecule has 0 fully saturated rings. The van der Waals surface area contributed by atoms with E-state index in [0.29, 0.717) is 13.0 Å². The molecule has 0 unspecified atom stereocenters. The summed E-state index contributed by atoms with van der Waals surface area (Å²) >= 11 is 3.35. The van der Waals surface area contributed by atoms with E-state index < -0.39 is 0 Å². The number of carbonyl (C=O) groups excluding carboxylic acids is 1. The van der Waals surface area contributed by atoms with Gasteiger partial charge in [-0.3, -0.25) is 9.69 Å². The summed E-state index contributed by atoms with van der Waals surface area (Å²) in [5.74, 6) is 0.912. The molecule has 7 heteroatoms. The minimum atomic E-state index is 0. The van der Waals surface area contributed by atoms with Crippen LogP contribution >= 0.6 is 35.5 Å². The highest BCUT2D eigenvalue weighted by molar-refractivity contribution is 7.99. The van der Waals surface area contributed by atoms with Gasteiger partial charge in [0.2, 0.25) is 5.91 Å². The highest BCUT2D eigenvalue weighted by atomic mass is 35.5. The van der Waals surface area contributed by atoms with Gasteiger partial charge in [-0.25, -0.2) is 4.98 Å². The van der Waals surface area contributed by atoms with Crippen molar-refractivity contribution in [1.82, 2.24) is 9.88 Å². The van der Waals surface area contributed by atoms with Crippen LogP contribution in [0.25, 0.3) is 10.2 Å². The molecule has 0 aliphatic rings. The van der Waals surface area contributed by atoms with Crippen LogP contribution in [0, 0.1) is 6.92 Å². The molecule has 2 aromatic carbocycles. The average molecular weight is 464 g/mol. The lowest BCUT2D eigenvalue weighted by Gasteiger charge is -2.22. The summed E-state index contributed by atoms with van der Waals surface area (Å²) < 4.78 is 1.15. The number of hydrogen-bond donors (Lipinski definition) is 0. The number of para-hydroxylation sites is 1. The van der Waals surface area contributed by atoms with Gasteiger partial charge in [0.1, 0.15) is 0 Å². The second-order valence-corrected chi connectivity index (χ2v) is 9.55. The van der Waals surface area contributed by atoms with Gasteiger partial charge in [-0.1, -0.05) is 48.1 Å². The lowest BCUT2D eigenvalue weighted by atomic mass is 10.1. The smallest absolute Gasteiger partial charge is 0.229 e. The van der Waals surface area contributed by atoms with Crippen molar-refractivity contribution in [1.29, 1.82) is 0 Å². The molecule has 1 aromatic heterocycles. The topological polar surface area (TPSA) is 36.4 Å². The highest BCUT2D eigenvalue weighted by Gasteiger charge is 2.20. The van der Waals surface area contributed by atoms with E-state index in [1.54, 1.807) is 23.1 Å². The maximum Gasteiger partial charge on any atom is 0.229 e. The maximum absolute atomic E-state index is 13.1. The quantitative estimate of drug-likeness (QED) is 0.383. The fourth-order valence-electron chi connectivity index (χ4n) is 3.05. The number of rotatable bonds is 9. The van der Waals surface area contributed by atoms with Gasteiger partial charge in [-0.2, -0.15) is 0 Å². The van der Waals surface area contributed by atoms with E-state index in [4.69, 9.17) is 4.98 Å². The van der Waals surface area contributed by atoms with Crippen LogP contribution in [0.2, 0.25) is 0 Å². The molecule has 3 rings (SSSR count). The summed E-state index contributed by atoms with van der Waals surface area (Å²) in [7, 11) is 4.06. The summed E-state index contributed by atoms with van der Waals surface area (Å²) in [6, 6.07) is 14.8. The Bertz CT molecular complexity index is 957. The van der Waals surface area contributed by atoms with Crippen LogP contribution in [0.15, 0.2) is 47.4 Å². The van der Waals surface area contributed by atoms with Crippen molar-refractivity contribution in [2.45, 2.75) is 31.6 Å². The molecule has 1 amide bonds. The molecule has 3 aromatic rings. The first-order valence-corrected chi connectivity index (χ1v) is 11.8. The Labute approximate surface area is 194 Å². The van der Waals surface area contributed by atoms with Crippen molar-refractivity contribution in [3.05, 3.63) is 53.6 Å². The summed E-state index contributed by atoms with van der Waals surface area (Å²) in [5.41, 5.74) is 3.52. The fourth-order valence-corrected chi connectivity index (χ4v) is 4.95. The van der Waals surface area contributed by atoms with Crippen molar-refractivity contribution >= 4 is 56.8 Å². The number of nitrogens with zero attached hydrogens (tertiary/aromatic N) is 3. The average Bonchev–Trinajstić information content (AvgIpc) is 3.13. The van der Waals surface area contributed by atoms with Gasteiger partial charge in [0, 0.05) is 30.2 Å². The Morgan fingerprint density at radius 3 is 2.50 bits per heavy atom. The number of hydrogen-bond acceptors (Lipinski definition) is 5. The monoisotopic (exact) mass is 463 g/mol. The van der Waals surface area contributed by atoms with E-state index in [0.717, 1.165) is 34.1 Å². The van der Waals surface area contributed by atoms with Crippen molar-refractivity contribution in [2.24, 2.45) is 0 Å². The summed E-state index contributed by atoms with van der Waals surface area (Å²) in [6.07, 6.45) is 1.45. The second kappa shape index (κ2) is 11.7. The van der Waals surface area contributed by atoms with Gasteiger partial charge in [0.25, 0.3) is 0 Å². The molecule has 0 spiro atoms. The molecule has 1 heterocycles. The zero-order valence-corrected chi connectivity index (χ0v) is 20.5. The van der Waals surface area contributed by atoms with Crippen LogP contribution < -0.4 is 4.90 Å². The predicted octanol–water partition coefficient (Wildman–Crippen LogP) is 5.67.